The van der Waals surface area contributed by atoms with Crippen LogP contribution in [0, 0.1) is 0 Å². The Labute approximate surface area is 73.9 Å². The Morgan fingerprint density at radius 2 is 2.30 bits per heavy atom. The van der Waals surface area contributed by atoms with Crippen LogP contribution in [0.25, 0.3) is 5.73 Å². The van der Waals surface area contributed by atoms with Gasteiger partial charge in [-0.15, -0.1) is 6.54 Å². The van der Waals surface area contributed by atoms with E-state index >= 15 is 0 Å². The Morgan fingerprint density at radius 1 is 1.50 bits per heavy atom. The number of rotatable bonds is 2. The molecule has 0 aromatic carbocycles. The van der Waals surface area contributed by atoms with E-state index in [9.17, 15) is 0 Å². The van der Waals surface area contributed by atoms with Crippen LogP contribution >= 0.6 is 0 Å². The minimum atomic E-state index is 0. The second-order valence-corrected chi connectivity index (χ2v) is 2.55. The van der Waals surface area contributed by atoms with Gasteiger partial charge in [0.25, 0.3) is 0 Å². The third-order valence-electron chi connectivity index (χ3n) is 1.89. The van der Waals surface area contributed by atoms with Crippen LogP contribution in [-0.2, 0) is 29.9 Å². The molecule has 0 aromatic heterocycles. The van der Waals surface area contributed by atoms with Crippen LogP contribution in [0.4, 0.5) is 0 Å². The Morgan fingerprint density at radius 3 is 2.70 bits per heavy atom. The monoisotopic (exact) mass is 315 g/mol. The van der Waals surface area contributed by atoms with Crippen molar-refractivity contribution in [2.45, 2.75) is 24.7 Å². The smallest absolute Gasteiger partial charge is 0.113 e. The van der Waals surface area contributed by atoms with Crippen molar-refractivity contribution in [2.24, 2.45) is 0 Å². The summed E-state index contributed by atoms with van der Waals surface area (Å²) in [6.07, 6.45) is 1.82. The summed E-state index contributed by atoms with van der Waals surface area (Å²) in [4.78, 5) is 0. The maximum Gasteiger partial charge on any atom is 0.113 e. The van der Waals surface area contributed by atoms with Gasteiger partial charge in [0, 0.05) is 20.4 Å². The van der Waals surface area contributed by atoms with Crippen LogP contribution in [0.15, 0.2) is 0 Å². The van der Waals surface area contributed by atoms with Crippen molar-refractivity contribution in [1.82, 2.24) is 0 Å². The molecule has 2 heterocycles. The molecule has 0 unspecified atom stereocenters. The van der Waals surface area contributed by atoms with Crippen molar-refractivity contribution in [1.29, 1.82) is 0 Å². The van der Waals surface area contributed by atoms with E-state index in [4.69, 9.17) is 15.2 Å². The first-order valence-electron chi connectivity index (χ1n) is 3.33. The molecule has 1 radical (unpaired) electrons. The van der Waals surface area contributed by atoms with Gasteiger partial charge in [0.15, 0.2) is 0 Å². The first-order chi connectivity index (χ1) is 4.42. The van der Waals surface area contributed by atoms with Crippen LogP contribution in [0.2, 0.25) is 0 Å². The molecule has 2 aliphatic rings. The molecule has 0 aromatic rings. The van der Waals surface area contributed by atoms with Gasteiger partial charge in [-0.25, -0.2) is 0 Å². The fourth-order valence-corrected chi connectivity index (χ4v) is 1.32. The molecule has 3 nitrogen and oxygen atoms in total. The fourth-order valence-electron chi connectivity index (χ4n) is 1.32. The maximum atomic E-state index is 6.94. The van der Waals surface area contributed by atoms with E-state index in [1.807, 2.05) is 0 Å². The molecule has 4 heteroatoms. The molecule has 0 bridgehead atoms. The minimum absolute atomic E-state index is 0. The largest absolute Gasteiger partial charge is 0.677 e. The quantitative estimate of drug-likeness (QED) is 0.701. The molecule has 0 spiro atoms. The average Bonchev–Trinajstić information content (AvgIpc) is 2.54. The molecule has 0 aliphatic carbocycles. The molecule has 0 saturated carbocycles. The van der Waals surface area contributed by atoms with Gasteiger partial charge in [0.2, 0.25) is 0 Å². The molecule has 2 aliphatic heterocycles. The second kappa shape index (κ2) is 3.29. The van der Waals surface area contributed by atoms with Gasteiger partial charge in [-0.05, 0) is 6.42 Å². The average molecular weight is 314 g/mol. The standard InChI is InChI=1S/C6H10NO2.Re/c7-2-1-4-6-5(9-6)3-8-4;/h4-7H,1-3H2;/q-1;/t4-,5+,6-;/m1./s1. The molecule has 3 atom stereocenters. The first-order valence-corrected chi connectivity index (χ1v) is 3.33. The molecule has 2 rings (SSSR count). The van der Waals surface area contributed by atoms with E-state index in [1.165, 1.54) is 0 Å². The summed E-state index contributed by atoms with van der Waals surface area (Å²) in [5.41, 5.74) is 6.94. The van der Waals surface area contributed by atoms with Crippen LogP contribution in [0.5, 0.6) is 0 Å². The zero-order valence-electron chi connectivity index (χ0n) is 5.55. The summed E-state index contributed by atoms with van der Waals surface area (Å²) in [5, 5.41) is 0. The van der Waals surface area contributed by atoms with E-state index in [0.29, 0.717) is 18.8 Å². The SMILES string of the molecule is [NH-]CC[C@H]1OC[C@@H]2O[C@@H]21.[Re]. The van der Waals surface area contributed by atoms with Gasteiger partial charge in [0.1, 0.15) is 12.2 Å². The predicted octanol–water partition coefficient (Wildman–Crippen LogP) is 0.592. The molecule has 2 saturated heterocycles. The summed E-state index contributed by atoms with van der Waals surface area (Å²) < 4.78 is 10.5. The number of epoxide rings is 1. The van der Waals surface area contributed by atoms with Gasteiger partial charge in [0.05, 0.1) is 12.7 Å². The van der Waals surface area contributed by atoms with E-state index in [0.717, 1.165) is 13.0 Å². The Balaban J connectivity index is 0.000000500. The Bertz CT molecular complexity index is 122. The molecule has 0 amide bonds. The van der Waals surface area contributed by atoms with Crippen LogP contribution in [0.3, 0.4) is 0 Å². The van der Waals surface area contributed by atoms with Gasteiger partial charge < -0.3 is 15.2 Å². The second-order valence-electron chi connectivity index (χ2n) is 2.55. The van der Waals surface area contributed by atoms with Gasteiger partial charge in [-0.1, -0.05) is 0 Å². The maximum absolute atomic E-state index is 6.94. The normalized spacial score (nSPS) is 42.3. The van der Waals surface area contributed by atoms with Crippen molar-refractivity contribution in [2.75, 3.05) is 13.2 Å². The topological polar surface area (TPSA) is 45.6 Å². The third kappa shape index (κ3) is 1.41. The van der Waals surface area contributed by atoms with E-state index < -0.39 is 0 Å². The van der Waals surface area contributed by atoms with Crippen LogP contribution < -0.4 is 0 Å². The van der Waals surface area contributed by atoms with Crippen molar-refractivity contribution in [3.63, 3.8) is 0 Å². The first kappa shape index (κ1) is 8.64. The van der Waals surface area contributed by atoms with E-state index in [2.05, 4.69) is 0 Å². The number of hydrogen-bond acceptors (Lipinski definition) is 2. The number of hydrogen-bond donors (Lipinski definition) is 0. The van der Waals surface area contributed by atoms with Gasteiger partial charge in [-0.2, -0.15) is 0 Å². The summed E-state index contributed by atoms with van der Waals surface area (Å²) in [5.74, 6) is 0. The molecule has 59 valence electrons. The van der Waals surface area contributed by atoms with Gasteiger partial charge in [-0.3, -0.25) is 0 Å². The zero-order valence-corrected chi connectivity index (χ0v) is 8.26. The summed E-state index contributed by atoms with van der Waals surface area (Å²) in [6, 6.07) is 0. The number of nitrogens with one attached hydrogen (secondary N) is 1. The minimum Gasteiger partial charge on any atom is -0.677 e. The van der Waals surface area contributed by atoms with Crippen molar-refractivity contribution in [3.05, 3.63) is 5.73 Å². The fraction of sp³-hybridized carbons (Fsp3) is 1.00. The number of ether oxygens (including phenoxy) is 2. The van der Waals surface area contributed by atoms with Gasteiger partial charge >= 0.3 is 0 Å². The zero-order chi connectivity index (χ0) is 6.27. The predicted molar refractivity (Wildman–Crippen MR) is 32.2 cm³/mol. The molecular formula is C6H10NO2Re-. The molecule has 10 heavy (non-hydrogen) atoms. The van der Waals surface area contributed by atoms with Crippen molar-refractivity contribution in [3.8, 4) is 0 Å². The van der Waals surface area contributed by atoms with E-state index in [-0.39, 0.29) is 26.5 Å². The van der Waals surface area contributed by atoms with Crippen molar-refractivity contribution >= 4 is 0 Å². The molecule has 2 fully saturated rings. The van der Waals surface area contributed by atoms with Crippen LogP contribution in [-0.4, -0.2) is 31.5 Å². The Hall–Kier alpha value is 0.542. The third-order valence-corrected chi connectivity index (χ3v) is 1.89. The molecule has 1 N–H and O–H groups in total. The van der Waals surface area contributed by atoms with Crippen molar-refractivity contribution < 1.29 is 29.9 Å². The summed E-state index contributed by atoms with van der Waals surface area (Å²) in [7, 11) is 0. The summed E-state index contributed by atoms with van der Waals surface area (Å²) >= 11 is 0. The van der Waals surface area contributed by atoms with Crippen LogP contribution in [0.1, 0.15) is 6.42 Å². The molecular weight excluding hydrogens is 304 g/mol. The van der Waals surface area contributed by atoms with E-state index in [1.54, 1.807) is 0 Å². The number of fused-ring (bicyclic) bond motifs is 1. The summed E-state index contributed by atoms with van der Waals surface area (Å²) in [6.45, 7) is 1.21. The Kier molecular flexibility index (Phi) is 2.84.